The van der Waals surface area contributed by atoms with E-state index in [9.17, 15) is 0 Å². The van der Waals surface area contributed by atoms with Crippen LogP contribution in [0.15, 0.2) is 83.9 Å². The number of fused-ring (bicyclic) bond motifs is 6. The number of aryl methyl sites for hydroxylation is 4. The summed E-state index contributed by atoms with van der Waals surface area (Å²) >= 11 is -3.02. The molecule has 200 valence electrons. The third-order valence-corrected chi connectivity index (χ3v) is 25.3. The number of rotatable bonds is 2. The van der Waals surface area contributed by atoms with Crippen LogP contribution in [0.4, 0.5) is 0 Å². The molecule has 2 unspecified atom stereocenters. The van der Waals surface area contributed by atoms with Gasteiger partial charge in [0.25, 0.3) is 0 Å². The normalized spacial score (nSPS) is 21.2. The van der Waals surface area contributed by atoms with Crippen LogP contribution in [0, 0.1) is 33.1 Å². The van der Waals surface area contributed by atoms with Crippen molar-refractivity contribution in [2.24, 2.45) is 5.41 Å². The van der Waals surface area contributed by atoms with Gasteiger partial charge in [0, 0.05) is 0 Å². The topological polar surface area (TPSA) is 0 Å². The fourth-order valence-corrected chi connectivity index (χ4v) is 26.3. The van der Waals surface area contributed by atoms with Crippen LogP contribution in [-0.4, -0.2) is 0 Å². The summed E-state index contributed by atoms with van der Waals surface area (Å²) in [5.41, 5.74) is 20.4. The summed E-state index contributed by atoms with van der Waals surface area (Å²) in [4.78, 5) is 0. The summed E-state index contributed by atoms with van der Waals surface area (Å²) in [6, 6.07) is 28.3. The average molecular weight is 687 g/mol. The Morgan fingerprint density at radius 2 is 0.925 bits per heavy atom. The molecule has 2 aliphatic carbocycles. The van der Waals surface area contributed by atoms with Crippen LogP contribution in [0.3, 0.4) is 0 Å². The second-order valence-electron chi connectivity index (χ2n) is 13.9. The zero-order valence-corrected chi connectivity index (χ0v) is 28.8. The van der Waals surface area contributed by atoms with Crippen molar-refractivity contribution in [3.05, 3.63) is 128 Å². The predicted octanol–water partition coefficient (Wildman–Crippen LogP) is 11.1. The Bertz CT molecular complexity index is 1620. The molecule has 0 amide bonds. The van der Waals surface area contributed by atoms with Crippen molar-refractivity contribution in [3.63, 3.8) is 0 Å². The van der Waals surface area contributed by atoms with Crippen LogP contribution in [0.1, 0.15) is 65.7 Å². The summed E-state index contributed by atoms with van der Waals surface area (Å²) in [6.45, 7) is 13.9. The molecule has 1 fully saturated rings. The molecule has 0 aromatic heterocycles. The van der Waals surface area contributed by atoms with Crippen molar-refractivity contribution in [2.45, 2.75) is 58.3 Å². The Labute approximate surface area is 245 Å². The van der Waals surface area contributed by atoms with Gasteiger partial charge in [-0.2, -0.15) is 0 Å². The van der Waals surface area contributed by atoms with E-state index >= 15 is 0 Å². The molecule has 1 saturated heterocycles. The average Bonchev–Trinajstić information content (AvgIpc) is 3.48. The molecule has 1 heteroatoms. The van der Waals surface area contributed by atoms with E-state index in [4.69, 9.17) is 0 Å². The predicted molar refractivity (Wildman–Crippen MR) is 170 cm³/mol. The maximum absolute atomic E-state index is 3.02. The van der Waals surface area contributed by atoms with Crippen LogP contribution in [0.5, 0.6) is 0 Å². The molecular formula is C39H40Hf. The quantitative estimate of drug-likeness (QED) is 0.184. The molecule has 0 radical (unpaired) electrons. The molecule has 4 aromatic carbocycles. The first-order chi connectivity index (χ1) is 19.0. The van der Waals surface area contributed by atoms with Crippen molar-refractivity contribution in [1.29, 1.82) is 0 Å². The van der Waals surface area contributed by atoms with Crippen molar-refractivity contribution in [3.8, 4) is 22.3 Å². The number of hydrogen-bond acceptors (Lipinski definition) is 0. The zero-order valence-electron chi connectivity index (χ0n) is 25.2. The number of benzene rings is 4. The van der Waals surface area contributed by atoms with Gasteiger partial charge < -0.3 is 0 Å². The standard InChI is InChI=1S/C37H34.2CH3.Hf/c1-23-13-24(2)16-29(15-23)33-11-7-9-27-19-31(21-35(27)33)37(5,6)32-20-28-10-8-12-34(36(28)22-32)30-17-25(3)14-26(4)18-30;;;/h7-22H,1-6H3;2*1H3;. The third kappa shape index (κ3) is 3.73. The molecule has 0 nitrogen and oxygen atoms in total. The summed E-state index contributed by atoms with van der Waals surface area (Å²) in [7, 11) is 0. The molecule has 40 heavy (non-hydrogen) atoms. The first-order valence-corrected chi connectivity index (χ1v) is 26.2. The van der Waals surface area contributed by atoms with Crippen LogP contribution >= 0.6 is 0 Å². The molecule has 4 aromatic rings. The van der Waals surface area contributed by atoms with Crippen LogP contribution < -0.4 is 0 Å². The fraction of sp³-hybridized carbons (Fsp3) is 0.282. The first-order valence-electron chi connectivity index (χ1n) is 14.8. The van der Waals surface area contributed by atoms with E-state index in [1.165, 1.54) is 55.6 Å². The Morgan fingerprint density at radius 1 is 0.550 bits per heavy atom. The van der Waals surface area contributed by atoms with Gasteiger partial charge in [0.1, 0.15) is 0 Å². The summed E-state index contributed by atoms with van der Waals surface area (Å²) in [6.07, 6.45) is 5.25. The van der Waals surface area contributed by atoms with Crippen LogP contribution in [0.2, 0.25) is 9.36 Å². The Hall–Kier alpha value is -2.77. The molecule has 1 heterocycles. The zero-order chi connectivity index (χ0) is 28.1. The molecule has 0 saturated carbocycles. The fourth-order valence-electron chi connectivity index (χ4n) is 8.59. The maximum atomic E-state index is 2.75. The Kier molecular flexibility index (Phi) is 5.79. The van der Waals surface area contributed by atoms with Gasteiger partial charge in [-0.25, -0.2) is 0 Å². The first kappa shape index (κ1) is 26.1. The van der Waals surface area contributed by atoms with E-state index in [-0.39, 0.29) is 5.41 Å². The van der Waals surface area contributed by atoms with Gasteiger partial charge in [0.15, 0.2) is 0 Å². The second kappa shape index (κ2) is 8.86. The van der Waals surface area contributed by atoms with E-state index < -0.39 is 20.0 Å². The van der Waals surface area contributed by atoms with Gasteiger partial charge in [-0.15, -0.1) is 0 Å². The molecular weight excluding hydrogens is 647 g/mol. The molecule has 0 spiro atoms. The minimum absolute atomic E-state index is 0.0302. The van der Waals surface area contributed by atoms with E-state index in [1.54, 1.807) is 22.3 Å². The van der Waals surface area contributed by atoms with Gasteiger partial charge in [-0.05, 0) is 0 Å². The molecule has 7 rings (SSSR count). The van der Waals surface area contributed by atoms with Gasteiger partial charge in [0.05, 0.1) is 0 Å². The second-order valence-corrected chi connectivity index (χ2v) is 31.1. The van der Waals surface area contributed by atoms with E-state index in [0.29, 0.717) is 7.35 Å². The monoisotopic (exact) mass is 688 g/mol. The summed E-state index contributed by atoms with van der Waals surface area (Å²) in [5.74, 6) is 0. The van der Waals surface area contributed by atoms with Gasteiger partial charge in [0.2, 0.25) is 0 Å². The molecule has 3 aliphatic rings. The van der Waals surface area contributed by atoms with Crippen molar-refractivity contribution >= 4 is 12.2 Å². The minimum atomic E-state index is -3.02. The van der Waals surface area contributed by atoms with E-state index in [0.717, 1.165) is 0 Å². The van der Waals surface area contributed by atoms with E-state index in [2.05, 4.69) is 136 Å². The molecule has 2 atom stereocenters. The SMILES string of the molecule is Cc1cc(C)cc(-c2cccc3c2C=C2[CH]3[Hf]([CH3])([CH3])[CH]3C(=Cc4c(-c5cc(C)cc(C)c5)cccc43)C2(C)C)c1. The van der Waals surface area contributed by atoms with Crippen molar-refractivity contribution in [1.82, 2.24) is 0 Å². The Morgan fingerprint density at radius 3 is 1.30 bits per heavy atom. The van der Waals surface area contributed by atoms with Crippen molar-refractivity contribution in [2.75, 3.05) is 0 Å². The molecule has 0 N–H and O–H groups in total. The van der Waals surface area contributed by atoms with Gasteiger partial charge >= 0.3 is 246 Å². The van der Waals surface area contributed by atoms with Crippen molar-refractivity contribution < 1.29 is 20.0 Å². The Balaban J connectivity index is 1.43. The number of hydrogen-bond donors (Lipinski definition) is 0. The molecule has 0 bridgehead atoms. The summed E-state index contributed by atoms with van der Waals surface area (Å²) < 4.78 is 6.72. The van der Waals surface area contributed by atoms with Gasteiger partial charge in [-0.3, -0.25) is 0 Å². The van der Waals surface area contributed by atoms with E-state index in [1.807, 2.05) is 0 Å². The number of allylic oxidation sites excluding steroid dienone is 2. The third-order valence-electron chi connectivity index (χ3n) is 10.1. The molecule has 1 aliphatic heterocycles. The van der Waals surface area contributed by atoms with Crippen LogP contribution in [-0.2, 0) is 20.0 Å². The van der Waals surface area contributed by atoms with Crippen LogP contribution in [0.25, 0.3) is 34.4 Å². The summed E-state index contributed by atoms with van der Waals surface area (Å²) in [5, 5.41) is 0. The van der Waals surface area contributed by atoms with Gasteiger partial charge in [-0.1, -0.05) is 0 Å².